The second-order valence-corrected chi connectivity index (χ2v) is 32.5. The summed E-state index contributed by atoms with van der Waals surface area (Å²) < 4.78 is 33.1. The number of fused-ring (bicyclic) bond motifs is 5. The fourth-order valence-electron chi connectivity index (χ4n) is 15.2. The lowest BCUT2D eigenvalue weighted by Crippen LogP contribution is -2.31. The van der Waals surface area contributed by atoms with Gasteiger partial charge in [-0.3, -0.25) is 0 Å². The maximum absolute atomic E-state index is 14.0. The average Bonchev–Trinajstić information content (AvgIpc) is 1.61. The summed E-state index contributed by atoms with van der Waals surface area (Å²) in [6, 6.07) is 91.1. The number of methoxy groups -OCH3 is 1. The number of rotatable bonds is 20. The molecule has 1 atom stereocenters. The van der Waals surface area contributed by atoms with Crippen LogP contribution in [0.25, 0.3) is 168 Å². The van der Waals surface area contributed by atoms with Crippen LogP contribution in [-0.4, -0.2) is 162 Å². The summed E-state index contributed by atoms with van der Waals surface area (Å²) in [4.78, 5) is 0. The van der Waals surface area contributed by atoms with Crippen molar-refractivity contribution in [3.05, 3.63) is 327 Å². The molecule has 31 heteroatoms. The van der Waals surface area contributed by atoms with Gasteiger partial charge in [0.25, 0.3) is 0 Å². The van der Waals surface area contributed by atoms with Gasteiger partial charge in [0, 0.05) is 62.7 Å². The van der Waals surface area contributed by atoms with Crippen LogP contribution in [0.15, 0.2) is 285 Å². The smallest absolute Gasteiger partial charge is 0.183 e. The van der Waals surface area contributed by atoms with Gasteiger partial charge in [0.05, 0.1) is 117 Å². The molecule has 0 saturated carbocycles. The van der Waals surface area contributed by atoms with Crippen LogP contribution in [0.5, 0.6) is 0 Å². The lowest BCUT2D eigenvalue weighted by Gasteiger charge is -2.26. The van der Waals surface area contributed by atoms with E-state index in [2.05, 4.69) is 67.3 Å². The Bertz CT molecular complexity index is 7200. The van der Waals surface area contributed by atoms with Gasteiger partial charge in [0.1, 0.15) is 68.8 Å². The van der Waals surface area contributed by atoms with Crippen molar-refractivity contribution in [1.82, 2.24) is 99.9 Å². The third-order valence-corrected chi connectivity index (χ3v) is 23.5. The molecule has 1 aliphatic rings. The Morgan fingerprint density at radius 3 is 0.969 bits per heavy atom. The molecule has 20 aromatic rings. The standard InChI is InChI=1S/C20H16ClFN4O.C20H15ClN4O.3C20H17ClN4O/c1-12-9-14(11-15(22)10-12)18-16-17(21)19(13-5-3-2-4-6-13)23-24-20(16)26(25-18)7-8-27;21-17-16-18(13-7-3-1-4-8-13)24-25(15-11-26-12-15)20(16)23-22-19(17)14-9-5-2-6-10-14;1-26-13-12-25-20-16(18(24-25)14-8-4-2-5-9-14)17(21)19(22-23-20)15-10-6-3-7-11-15;1-13(12-26)25-20-16(18(24-25)14-8-4-2-5-9-14)17(21)19(22-23-20)15-10-6-3-7-11-15;1-13-6-5-9-15(12-13)18-16-17(21)19(14-7-3-2-4-8-14)22-23-20(16)25(24-18)10-11-26/h2-6,9-11,27H,7-8H2,1H3;1-10,15H,11-12H2;2-11H,12-13H2,1H3;2-11,13,26H,12H2,1H3;2-9,12,26H,10-11H2,1H3. The van der Waals surface area contributed by atoms with Crippen LogP contribution in [0.2, 0.25) is 25.1 Å². The molecule has 0 bridgehead atoms. The molecule has 3 N–H and O–H groups in total. The molecular weight excluding hydrogens is 1760 g/mol. The Balaban J connectivity index is 0.000000115. The number of aromatic nitrogens is 20. The Morgan fingerprint density at radius 1 is 0.336 bits per heavy atom. The summed E-state index contributed by atoms with van der Waals surface area (Å²) in [7, 11) is 1.66. The van der Waals surface area contributed by atoms with Crippen LogP contribution in [-0.2, 0) is 29.1 Å². The Hall–Kier alpha value is -13.9. The molecular formula is C100H82Cl5FN20O5. The van der Waals surface area contributed by atoms with Gasteiger partial charge in [-0.1, -0.05) is 324 Å². The van der Waals surface area contributed by atoms with Gasteiger partial charge < -0.3 is 24.8 Å². The van der Waals surface area contributed by atoms with Crippen LogP contribution < -0.4 is 0 Å². The number of aliphatic hydroxyl groups excluding tert-OH is 3. The summed E-state index contributed by atoms with van der Waals surface area (Å²) in [6.07, 6.45) is 0. The predicted octanol–water partition coefficient (Wildman–Crippen LogP) is 21.6. The molecule has 0 amide bonds. The van der Waals surface area contributed by atoms with Crippen molar-refractivity contribution < 1.29 is 29.2 Å². The van der Waals surface area contributed by atoms with E-state index < -0.39 is 0 Å². The highest BCUT2D eigenvalue weighted by molar-refractivity contribution is 6.41. The Morgan fingerprint density at radius 2 is 0.634 bits per heavy atom. The van der Waals surface area contributed by atoms with Crippen LogP contribution in [0.3, 0.4) is 0 Å². The number of benzene rings is 10. The largest absolute Gasteiger partial charge is 0.394 e. The monoisotopic (exact) mass is 1840 g/mol. The SMILES string of the molecule is CC(CO)n1nc(-c2ccccc2)c2c(Cl)c(-c3ccccc3)nnc21.COCCn1nc(-c2ccccc2)c2c(Cl)c(-c3ccccc3)nnc21.Cc1cc(F)cc(-c2nn(CCO)c3nnc(-c4ccccc4)c(Cl)c23)c1.Cc1cccc(-c2nn(CCO)c3nnc(-c4ccccc4)c(Cl)c23)c1.Clc1c(-c2ccccc2)nnc2c1c(-c1ccccc1)nn2C1COC1. The van der Waals surface area contributed by atoms with E-state index in [1.54, 1.807) is 25.8 Å². The highest BCUT2D eigenvalue weighted by Crippen LogP contribution is 2.45. The van der Waals surface area contributed by atoms with Crippen molar-refractivity contribution in [1.29, 1.82) is 0 Å². The molecule has 21 rings (SSSR count). The van der Waals surface area contributed by atoms with Crippen LogP contribution in [0, 0.1) is 19.7 Å². The summed E-state index contributed by atoms with van der Waals surface area (Å²) in [5, 5.41) is 102. The van der Waals surface area contributed by atoms with Crippen LogP contribution >= 0.6 is 58.0 Å². The highest BCUT2D eigenvalue weighted by atomic mass is 35.5. The van der Waals surface area contributed by atoms with E-state index in [-0.39, 0.29) is 44.3 Å². The molecule has 0 radical (unpaired) electrons. The van der Waals surface area contributed by atoms with Crippen LogP contribution in [0.4, 0.5) is 4.39 Å². The minimum Gasteiger partial charge on any atom is -0.394 e. The number of aryl methyl sites for hydroxylation is 2. The van der Waals surface area contributed by atoms with Gasteiger partial charge in [-0.25, -0.2) is 27.8 Å². The van der Waals surface area contributed by atoms with E-state index in [0.29, 0.717) is 131 Å². The number of aliphatic hydroxyl groups is 3. The van der Waals surface area contributed by atoms with E-state index in [0.717, 1.165) is 106 Å². The van der Waals surface area contributed by atoms with E-state index in [1.165, 1.54) is 12.1 Å². The zero-order valence-electron chi connectivity index (χ0n) is 71.0. The first-order chi connectivity index (χ1) is 64.1. The minimum atomic E-state index is -0.351. The quantitative estimate of drug-likeness (QED) is 0.0638. The molecule has 0 aliphatic carbocycles. The molecule has 10 aromatic heterocycles. The van der Waals surface area contributed by atoms with Crippen molar-refractivity contribution in [3.63, 3.8) is 0 Å². The topological polar surface area (TPSA) is 297 Å². The van der Waals surface area contributed by atoms with Gasteiger partial charge in [0.2, 0.25) is 0 Å². The third kappa shape index (κ3) is 18.9. The zero-order valence-corrected chi connectivity index (χ0v) is 74.8. The molecule has 131 heavy (non-hydrogen) atoms. The van der Waals surface area contributed by atoms with E-state index in [9.17, 15) is 19.7 Å². The zero-order chi connectivity index (χ0) is 90.6. The van der Waals surface area contributed by atoms with Gasteiger partial charge in [0.15, 0.2) is 28.2 Å². The van der Waals surface area contributed by atoms with Gasteiger partial charge in [-0.2, -0.15) is 25.5 Å². The first-order valence-electron chi connectivity index (χ1n) is 41.9. The fourth-order valence-corrected chi connectivity index (χ4v) is 16.8. The molecule has 1 unspecified atom stereocenters. The highest BCUT2D eigenvalue weighted by Gasteiger charge is 2.31. The van der Waals surface area contributed by atoms with Gasteiger partial charge >= 0.3 is 0 Å². The molecule has 0 spiro atoms. The Labute approximate surface area is 775 Å². The van der Waals surface area contributed by atoms with Gasteiger partial charge in [-0.15, -0.1) is 51.0 Å². The molecule has 654 valence electrons. The van der Waals surface area contributed by atoms with Crippen molar-refractivity contribution in [2.45, 2.75) is 52.5 Å². The minimum absolute atomic E-state index is 0.0379. The molecule has 1 saturated heterocycles. The molecule has 11 heterocycles. The first-order valence-corrected chi connectivity index (χ1v) is 43.8. The first kappa shape index (κ1) is 89.1. The summed E-state index contributed by atoms with van der Waals surface area (Å²) >= 11 is 33.9. The second-order valence-electron chi connectivity index (χ2n) is 30.6. The molecule has 1 aliphatic heterocycles. The normalized spacial score (nSPS) is 12.1. The number of halogens is 6. The molecule has 10 aromatic carbocycles. The molecule has 1 fully saturated rings. The molecule has 25 nitrogen and oxygen atoms in total. The second kappa shape index (κ2) is 40.8. The lowest BCUT2D eigenvalue weighted by atomic mass is 10.0. The number of hydrogen-bond donors (Lipinski definition) is 3. The number of hydrogen-bond acceptors (Lipinski definition) is 20. The van der Waals surface area contributed by atoms with Crippen molar-refractivity contribution >= 4 is 113 Å². The van der Waals surface area contributed by atoms with E-state index >= 15 is 0 Å². The van der Waals surface area contributed by atoms with Gasteiger partial charge in [-0.05, 0) is 50.6 Å². The van der Waals surface area contributed by atoms with E-state index in [4.69, 9.17) is 82.8 Å². The number of nitrogens with zero attached hydrogens (tertiary/aromatic N) is 20. The van der Waals surface area contributed by atoms with E-state index in [1.807, 2.05) is 292 Å². The third-order valence-electron chi connectivity index (χ3n) is 21.7. The maximum Gasteiger partial charge on any atom is 0.183 e. The fraction of sp³-hybridized carbons (Fsp3) is 0.150. The predicted molar refractivity (Wildman–Crippen MR) is 513 cm³/mol. The summed E-state index contributed by atoms with van der Waals surface area (Å²) in [6.45, 7) is 8.46. The average molecular weight is 1840 g/mol. The lowest BCUT2D eigenvalue weighted by molar-refractivity contribution is -0.0268. The van der Waals surface area contributed by atoms with Crippen molar-refractivity contribution in [2.75, 3.05) is 46.8 Å². The van der Waals surface area contributed by atoms with Crippen LogP contribution in [0.1, 0.15) is 30.1 Å². The van der Waals surface area contributed by atoms with Crippen molar-refractivity contribution in [2.24, 2.45) is 0 Å². The summed E-state index contributed by atoms with van der Waals surface area (Å²) in [5.74, 6) is -0.351. The maximum atomic E-state index is 14.0. The number of ether oxygens (including phenoxy) is 2. The van der Waals surface area contributed by atoms with Crippen molar-refractivity contribution in [3.8, 4) is 113 Å². The Kier molecular flexibility index (Phi) is 27.8. The summed E-state index contributed by atoms with van der Waals surface area (Å²) in [5.41, 5.74) is 20.5.